The first-order valence-electron chi connectivity index (χ1n) is 8.75. The van der Waals surface area contributed by atoms with Crippen LogP contribution in [0.1, 0.15) is 17.0 Å². The van der Waals surface area contributed by atoms with Gasteiger partial charge in [-0.1, -0.05) is 11.2 Å². The first kappa shape index (κ1) is 18.3. The minimum absolute atomic E-state index is 0.0113. The second-order valence-electron chi connectivity index (χ2n) is 6.53. The van der Waals surface area contributed by atoms with Gasteiger partial charge in [0.2, 0.25) is 0 Å². The highest BCUT2D eigenvalue weighted by molar-refractivity contribution is 5.78. The Morgan fingerprint density at radius 2 is 1.92 bits per heavy atom. The average molecular weight is 359 g/mol. The molecule has 3 rings (SSSR count). The molecular formula is C19H25N3O4. The van der Waals surface area contributed by atoms with Crippen LogP contribution < -0.4 is 9.47 Å². The number of carbonyl (C=O) groups excluding carboxylic acids is 1. The lowest BCUT2D eigenvalue weighted by molar-refractivity contribution is -0.135. The smallest absolute Gasteiger partial charge is 0.260 e. The molecule has 0 unspecified atom stereocenters. The Hall–Kier alpha value is -2.54. The molecule has 0 aliphatic carbocycles. The summed E-state index contributed by atoms with van der Waals surface area (Å²) in [6.45, 7) is 7.60. The third-order valence-electron chi connectivity index (χ3n) is 4.45. The molecule has 0 atom stereocenters. The van der Waals surface area contributed by atoms with Gasteiger partial charge in [-0.3, -0.25) is 9.69 Å². The zero-order chi connectivity index (χ0) is 18.5. The predicted octanol–water partition coefficient (Wildman–Crippen LogP) is 2.02. The highest BCUT2D eigenvalue weighted by Crippen LogP contribution is 2.27. The number of aryl methyl sites for hydroxylation is 2. The Bertz CT molecular complexity index is 751. The maximum atomic E-state index is 12.4. The van der Waals surface area contributed by atoms with Gasteiger partial charge in [-0.2, -0.15) is 0 Å². The van der Waals surface area contributed by atoms with Crippen molar-refractivity contribution < 1.29 is 18.8 Å². The van der Waals surface area contributed by atoms with Crippen LogP contribution in [0.2, 0.25) is 0 Å². The lowest BCUT2D eigenvalue weighted by Gasteiger charge is -2.34. The van der Waals surface area contributed by atoms with Crippen molar-refractivity contribution in [3.8, 4) is 11.5 Å². The molecule has 0 spiro atoms. The van der Waals surface area contributed by atoms with Crippen molar-refractivity contribution in [1.82, 2.24) is 15.0 Å². The first-order chi connectivity index (χ1) is 12.5. The van der Waals surface area contributed by atoms with Gasteiger partial charge in [0.1, 0.15) is 0 Å². The van der Waals surface area contributed by atoms with Gasteiger partial charge in [0.05, 0.1) is 19.3 Å². The number of benzene rings is 1. The topological polar surface area (TPSA) is 68.0 Å². The average Bonchev–Trinajstić information content (AvgIpc) is 3.05. The van der Waals surface area contributed by atoms with Crippen LogP contribution in [-0.2, 0) is 11.3 Å². The number of carbonyl (C=O) groups is 1. The second-order valence-corrected chi connectivity index (χ2v) is 6.53. The molecule has 1 amide bonds. The van der Waals surface area contributed by atoms with Crippen molar-refractivity contribution in [2.45, 2.75) is 20.4 Å². The molecule has 0 N–H and O–H groups in total. The molecule has 1 aliphatic heterocycles. The van der Waals surface area contributed by atoms with Crippen molar-refractivity contribution in [3.05, 3.63) is 41.3 Å². The number of rotatable bonds is 6. The molecule has 1 fully saturated rings. The molecule has 1 saturated heterocycles. The summed E-state index contributed by atoms with van der Waals surface area (Å²) >= 11 is 0. The molecule has 1 aromatic heterocycles. The van der Waals surface area contributed by atoms with E-state index in [9.17, 15) is 4.79 Å². The second kappa shape index (κ2) is 8.23. The number of nitrogens with zero attached hydrogens (tertiary/aromatic N) is 3. The maximum Gasteiger partial charge on any atom is 0.260 e. The number of hydrogen-bond donors (Lipinski definition) is 0. The third-order valence-corrected chi connectivity index (χ3v) is 4.45. The molecular weight excluding hydrogens is 334 g/mol. The minimum atomic E-state index is -0.0113. The highest BCUT2D eigenvalue weighted by Gasteiger charge is 2.22. The van der Waals surface area contributed by atoms with Crippen LogP contribution >= 0.6 is 0 Å². The fourth-order valence-corrected chi connectivity index (χ4v) is 2.99. The van der Waals surface area contributed by atoms with E-state index in [1.165, 1.54) is 0 Å². The molecule has 140 valence electrons. The number of ether oxygens (including phenoxy) is 2. The number of methoxy groups -OCH3 is 1. The highest BCUT2D eigenvalue weighted by atomic mass is 16.5. The number of piperazine rings is 1. The summed E-state index contributed by atoms with van der Waals surface area (Å²) < 4.78 is 16.2. The molecule has 0 radical (unpaired) electrons. The van der Waals surface area contributed by atoms with E-state index in [2.05, 4.69) is 10.1 Å². The lowest BCUT2D eigenvalue weighted by Crippen LogP contribution is -2.49. The standard InChI is InChI=1S/C19H25N3O4/c1-14-4-5-17(18(10-14)24-3)25-13-19(23)22-8-6-21(7-9-22)12-16-11-15(2)20-26-16/h4-5,10-11H,6-9,12-13H2,1-3H3. The van der Waals surface area contributed by atoms with Gasteiger partial charge in [0.15, 0.2) is 23.9 Å². The van der Waals surface area contributed by atoms with Crippen molar-refractivity contribution >= 4 is 5.91 Å². The number of hydrogen-bond acceptors (Lipinski definition) is 6. The largest absolute Gasteiger partial charge is 0.493 e. The van der Waals surface area contributed by atoms with Crippen LogP contribution in [0.4, 0.5) is 0 Å². The summed E-state index contributed by atoms with van der Waals surface area (Å²) in [7, 11) is 1.60. The predicted molar refractivity (Wildman–Crippen MR) is 96.3 cm³/mol. The molecule has 7 nitrogen and oxygen atoms in total. The molecule has 26 heavy (non-hydrogen) atoms. The van der Waals surface area contributed by atoms with E-state index in [1.807, 2.05) is 43.0 Å². The minimum Gasteiger partial charge on any atom is -0.493 e. The van der Waals surface area contributed by atoms with Crippen LogP contribution in [0.3, 0.4) is 0 Å². The molecule has 7 heteroatoms. The Balaban J connectivity index is 1.46. The SMILES string of the molecule is COc1cc(C)ccc1OCC(=O)N1CCN(Cc2cc(C)no2)CC1. The molecule has 0 bridgehead atoms. The number of aromatic nitrogens is 1. The van der Waals surface area contributed by atoms with Crippen LogP contribution in [0.5, 0.6) is 11.5 Å². The van der Waals surface area contributed by atoms with E-state index < -0.39 is 0 Å². The van der Waals surface area contributed by atoms with Gasteiger partial charge >= 0.3 is 0 Å². The first-order valence-corrected chi connectivity index (χ1v) is 8.75. The fraction of sp³-hybridized carbons (Fsp3) is 0.474. The van der Waals surface area contributed by atoms with Gasteiger partial charge in [0, 0.05) is 32.2 Å². The molecule has 1 aromatic carbocycles. The zero-order valence-corrected chi connectivity index (χ0v) is 15.5. The summed E-state index contributed by atoms with van der Waals surface area (Å²) in [6, 6.07) is 7.61. The maximum absolute atomic E-state index is 12.4. The van der Waals surface area contributed by atoms with E-state index in [4.69, 9.17) is 14.0 Å². The quantitative estimate of drug-likeness (QED) is 0.786. The molecule has 1 aliphatic rings. The molecule has 0 saturated carbocycles. The van der Waals surface area contributed by atoms with Gasteiger partial charge in [-0.25, -0.2) is 0 Å². The summed E-state index contributed by atoms with van der Waals surface area (Å²) in [5.74, 6) is 2.08. The van der Waals surface area contributed by atoms with Crippen LogP contribution in [0.25, 0.3) is 0 Å². The summed E-state index contributed by atoms with van der Waals surface area (Å²) in [6.07, 6.45) is 0. The Labute approximate surface area is 153 Å². The summed E-state index contributed by atoms with van der Waals surface area (Å²) in [4.78, 5) is 16.5. The van der Waals surface area contributed by atoms with Crippen LogP contribution in [-0.4, -0.2) is 60.8 Å². The van der Waals surface area contributed by atoms with E-state index in [-0.39, 0.29) is 12.5 Å². The monoisotopic (exact) mass is 359 g/mol. The van der Waals surface area contributed by atoms with Gasteiger partial charge in [-0.05, 0) is 31.5 Å². The van der Waals surface area contributed by atoms with Crippen LogP contribution in [0.15, 0.2) is 28.8 Å². The van der Waals surface area contributed by atoms with E-state index in [0.29, 0.717) is 24.6 Å². The fourth-order valence-electron chi connectivity index (χ4n) is 2.99. The van der Waals surface area contributed by atoms with E-state index in [1.54, 1.807) is 7.11 Å². The van der Waals surface area contributed by atoms with Gasteiger partial charge in [0.25, 0.3) is 5.91 Å². The van der Waals surface area contributed by atoms with Crippen molar-refractivity contribution in [1.29, 1.82) is 0 Å². The number of amides is 1. The Kier molecular flexibility index (Phi) is 5.78. The van der Waals surface area contributed by atoms with E-state index >= 15 is 0 Å². The Morgan fingerprint density at radius 3 is 2.58 bits per heavy atom. The Morgan fingerprint density at radius 1 is 1.15 bits per heavy atom. The normalized spacial score (nSPS) is 15.1. The van der Waals surface area contributed by atoms with E-state index in [0.717, 1.165) is 36.7 Å². The van der Waals surface area contributed by atoms with Crippen molar-refractivity contribution in [2.24, 2.45) is 0 Å². The van der Waals surface area contributed by atoms with Crippen molar-refractivity contribution in [3.63, 3.8) is 0 Å². The third kappa shape index (κ3) is 4.54. The summed E-state index contributed by atoms with van der Waals surface area (Å²) in [5.41, 5.74) is 1.97. The van der Waals surface area contributed by atoms with Crippen molar-refractivity contribution in [2.75, 3.05) is 39.9 Å². The molecule has 2 heterocycles. The lowest BCUT2D eigenvalue weighted by atomic mass is 10.2. The zero-order valence-electron chi connectivity index (χ0n) is 15.5. The van der Waals surface area contributed by atoms with Crippen LogP contribution in [0, 0.1) is 13.8 Å². The summed E-state index contributed by atoms with van der Waals surface area (Å²) in [5, 5.41) is 3.90. The molecule has 2 aromatic rings. The van der Waals surface area contributed by atoms with Gasteiger partial charge < -0.3 is 18.9 Å². The van der Waals surface area contributed by atoms with Gasteiger partial charge in [-0.15, -0.1) is 0 Å².